The number of methoxy groups -OCH3 is 1. The van der Waals surface area contributed by atoms with Gasteiger partial charge in [0.05, 0.1) is 18.3 Å². The second-order valence-electron chi connectivity index (χ2n) is 10.1. The molecule has 1 fully saturated rings. The highest BCUT2D eigenvalue weighted by atomic mass is 16.6. The molecule has 0 saturated carbocycles. The minimum absolute atomic E-state index is 0.279. The third-order valence-electron chi connectivity index (χ3n) is 6.54. The maximum absolute atomic E-state index is 13.1. The van der Waals surface area contributed by atoms with E-state index < -0.39 is 17.4 Å². The number of H-pyrrole nitrogens is 1. The molecule has 3 amide bonds. The Morgan fingerprint density at radius 1 is 0.919 bits per heavy atom. The first-order chi connectivity index (χ1) is 17.7. The van der Waals surface area contributed by atoms with Crippen molar-refractivity contribution in [3.05, 3.63) is 59.8 Å². The van der Waals surface area contributed by atoms with Gasteiger partial charge in [0.2, 0.25) is 0 Å². The zero-order valence-corrected chi connectivity index (χ0v) is 21.4. The largest absolute Gasteiger partial charge is 0.496 e. The average molecular weight is 503 g/mol. The Morgan fingerprint density at radius 3 is 2.27 bits per heavy atom. The fourth-order valence-corrected chi connectivity index (χ4v) is 4.81. The maximum Gasteiger partial charge on any atom is 0.410 e. The zero-order valence-electron chi connectivity index (χ0n) is 21.4. The lowest BCUT2D eigenvalue weighted by atomic mass is 9.94. The van der Waals surface area contributed by atoms with Crippen LogP contribution in [0.15, 0.2) is 48.7 Å². The van der Waals surface area contributed by atoms with Gasteiger partial charge in [0.15, 0.2) is 0 Å². The number of imide groups is 1. The summed E-state index contributed by atoms with van der Waals surface area (Å²) < 4.78 is 11.1. The summed E-state index contributed by atoms with van der Waals surface area (Å²) in [6.07, 6.45) is 1.43. The highest BCUT2D eigenvalue weighted by Crippen LogP contribution is 2.39. The van der Waals surface area contributed by atoms with Crippen LogP contribution in [-0.2, 0) is 14.3 Å². The normalized spacial score (nSPS) is 16.4. The van der Waals surface area contributed by atoms with Crippen LogP contribution in [0.1, 0.15) is 31.9 Å². The van der Waals surface area contributed by atoms with Gasteiger partial charge in [0.25, 0.3) is 11.8 Å². The number of para-hydroxylation sites is 1. The van der Waals surface area contributed by atoms with Crippen molar-refractivity contribution in [3.8, 4) is 5.75 Å². The van der Waals surface area contributed by atoms with Crippen LogP contribution in [0.25, 0.3) is 22.0 Å². The summed E-state index contributed by atoms with van der Waals surface area (Å²) in [7, 11) is 1.54. The topological polar surface area (TPSA) is 104 Å². The van der Waals surface area contributed by atoms with Gasteiger partial charge in [-0.05, 0) is 45.0 Å². The molecule has 3 heterocycles. The number of nitrogens with one attached hydrogen (secondary N) is 2. The van der Waals surface area contributed by atoms with Crippen LogP contribution >= 0.6 is 0 Å². The third kappa shape index (κ3) is 4.64. The van der Waals surface area contributed by atoms with Gasteiger partial charge in [0.1, 0.15) is 11.4 Å². The number of carbonyl (C=O) groups excluding carboxylic acids is 3. The van der Waals surface area contributed by atoms with Gasteiger partial charge in [0, 0.05) is 60.1 Å². The number of ether oxygens (including phenoxy) is 2. The number of fused-ring (bicyclic) bond motifs is 1. The van der Waals surface area contributed by atoms with E-state index in [0.29, 0.717) is 48.6 Å². The van der Waals surface area contributed by atoms with Gasteiger partial charge in [-0.25, -0.2) is 4.79 Å². The van der Waals surface area contributed by atoms with Crippen molar-refractivity contribution in [2.75, 3.05) is 38.2 Å². The molecule has 192 valence electrons. The van der Waals surface area contributed by atoms with Gasteiger partial charge in [-0.2, -0.15) is 0 Å². The summed E-state index contributed by atoms with van der Waals surface area (Å²) in [5, 5.41) is 3.32. The fourth-order valence-electron chi connectivity index (χ4n) is 4.81. The first-order valence-corrected chi connectivity index (χ1v) is 12.2. The SMILES string of the molecule is COc1ccc(N2CCN(C(=O)OC(C)(C)C)CC2)cc1C1=C(c2c[nH]c3ccccc23)C(=O)NC1=O. The van der Waals surface area contributed by atoms with E-state index in [1.54, 1.807) is 24.3 Å². The molecule has 0 unspecified atom stereocenters. The van der Waals surface area contributed by atoms with Crippen LogP contribution < -0.4 is 15.0 Å². The third-order valence-corrected chi connectivity index (χ3v) is 6.54. The molecule has 37 heavy (non-hydrogen) atoms. The lowest BCUT2D eigenvalue weighted by Gasteiger charge is -2.37. The van der Waals surface area contributed by atoms with Crippen LogP contribution in [0.2, 0.25) is 0 Å². The standard InChI is InChI=1S/C28H30N4O5/c1-28(2,3)37-27(35)32-13-11-31(12-14-32)17-9-10-22(36-4)19(15-17)23-24(26(34)30-25(23)33)20-16-29-21-8-6-5-7-18(20)21/h5-10,15-16,29H,11-14H2,1-4H3,(H,30,33,34). The van der Waals surface area contributed by atoms with Crippen molar-refractivity contribution in [2.24, 2.45) is 0 Å². The molecule has 2 aliphatic heterocycles. The number of aromatic nitrogens is 1. The molecule has 2 aromatic carbocycles. The van der Waals surface area contributed by atoms with E-state index in [-0.39, 0.29) is 11.7 Å². The first kappa shape index (κ1) is 24.4. The van der Waals surface area contributed by atoms with Crippen LogP contribution in [0.5, 0.6) is 5.75 Å². The Labute approximate surface area is 215 Å². The van der Waals surface area contributed by atoms with Crippen molar-refractivity contribution in [2.45, 2.75) is 26.4 Å². The van der Waals surface area contributed by atoms with Gasteiger partial charge in [-0.1, -0.05) is 18.2 Å². The minimum atomic E-state index is -0.547. The summed E-state index contributed by atoms with van der Waals surface area (Å²) in [4.78, 5) is 45.6. The Kier molecular flexibility index (Phi) is 6.15. The molecular weight excluding hydrogens is 472 g/mol. The van der Waals surface area contributed by atoms with E-state index in [1.807, 2.05) is 57.2 Å². The van der Waals surface area contributed by atoms with E-state index in [2.05, 4.69) is 15.2 Å². The Morgan fingerprint density at radius 2 is 1.59 bits per heavy atom. The van der Waals surface area contributed by atoms with Gasteiger partial charge >= 0.3 is 6.09 Å². The number of piperazine rings is 1. The number of nitrogens with zero attached hydrogens (tertiary/aromatic N) is 2. The van der Waals surface area contributed by atoms with Crippen LogP contribution in [0.4, 0.5) is 10.5 Å². The van der Waals surface area contributed by atoms with Crippen LogP contribution in [0.3, 0.4) is 0 Å². The number of anilines is 1. The molecule has 1 saturated heterocycles. The van der Waals surface area contributed by atoms with Crippen molar-refractivity contribution in [3.63, 3.8) is 0 Å². The number of carbonyl (C=O) groups is 3. The fraction of sp³-hybridized carbons (Fsp3) is 0.321. The maximum atomic E-state index is 13.1. The van der Waals surface area contributed by atoms with Gasteiger partial charge < -0.3 is 24.3 Å². The van der Waals surface area contributed by atoms with E-state index >= 15 is 0 Å². The molecule has 9 nitrogen and oxygen atoms in total. The molecule has 2 N–H and O–H groups in total. The lowest BCUT2D eigenvalue weighted by Crippen LogP contribution is -2.50. The smallest absolute Gasteiger partial charge is 0.410 e. The molecule has 3 aromatic rings. The number of amides is 3. The van der Waals surface area contributed by atoms with Gasteiger partial charge in [-0.15, -0.1) is 0 Å². The molecule has 0 aliphatic carbocycles. The van der Waals surface area contributed by atoms with Crippen molar-refractivity contribution >= 4 is 45.6 Å². The number of aromatic amines is 1. The minimum Gasteiger partial charge on any atom is -0.496 e. The van der Waals surface area contributed by atoms with Crippen molar-refractivity contribution in [1.29, 1.82) is 0 Å². The number of benzene rings is 2. The summed E-state index contributed by atoms with van der Waals surface area (Å²) in [6, 6.07) is 13.3. The van der Waals surface area contributed by atoms with E-state index in [1.165, 1.54) is 0 Å². The Balaban J connectivity index is 1.49. The molecule has 0 atom stereocenters. The summed E-state index contributed by atoms with van der Waals surface area (Å²) in [5.41, 5.74) is 2.99. The molecule has 0 radical (unpaired) electrons. The number of hydrogen-bond donors (Lipinski definition) is 2. The van der Waals surface area contributed by atoms with E-state index in [9.17, 15) is 14.4 Å². The quantitative estimate of drug-likeness (QED) is 0.526. The Bertz CT molecular complexity index is 1420. The van der Waals surface area contributed by atoms with E-state index in [0.717, 1.165) is 16.6 Å². The zero-order chi connectivity index (χ0) is 26.3. The Hall–Kier alpha value is -4.27. The highest BCUT2D eigenvalue weighted by molar-refractivity contribution is 6.50. The van der Waals surface area contributed by atoms with Gasteiger partial charge in [-0.3, -0.25) is 14.9 Å². The van der Waals surface area contributed by atoms with Crippen molar-refractivity contribution in [1.82, 2.24) is 15.2 Å². The predicted octanol–water partition coefficient (Wildman–Crippen LogP) is 3.80. The summed E-state index contributed by atoms with van der Waals surface area (Å²) >= 11 is 0. The monoisotopic (exact) mass is 502 g/mol. The average Bonchev–Trinajstić information content (AvgIpc) is 3.42. The molecule has 0 bridgehead atoms. The summed E-state index contributed by atoms with van der Waals surface area (Å²) in [6.45, 7) is 7.78. The van der Waals surface area contributed by atoms with Crippen LogP contribution in [-0.4, -0.2) is 66.7 Å². The lowest BCUT2D eigenvalue weighted by molar-refractivity contribution is -0.122. The molecule has 9 heteroatoms. The predicted molar refractivity (Wildman–Crippen MR) is 141 cm³/mol. The number of hydrogen-bond acceptors (Lipinski definition) is 6. The molecule has 1 aromatic heterocycles. The highest BCUT2D eigenvalue weighted by Gasteiger charge is 2.35. The second-order valence-corrected chi connectivity index (χ2v) is 10.1. The van der Waals surface area contributed by atoms with E-state index in [4.69, 9.17) is 9.47 Å². The second kappa shape index (κ2) is 9.31. The number of rotatable bonds is 4. The van der Waals surface area contributed by atoms with Crippen LogP contribution in [0, 0.1) is 0 Å². The molecule has 0 spiro atoms. The molecule has 2 aliphatic rings. The molecular formula is C28H30N4O5. The summed E-state index contributed by atoms with van der Waals surface area (Å²) in [5.74, 6) is -0.410. The van der Waals surface area contributed by atoms with Crippen molar-refractivity contribution < 1.29 is 23.9 Å². The first-order valence-electron chi connectivity index (χ1n) is 12.2. The molecule has 5 rings (SSSR count).